The topological polar surface area (TPSA) is 94.6 Å². The maximum absolute atomic E-state index is 12.0. The molecule has 0 aliphatic carbocycles. The second kappa shape index (κ2) is 12.9. The summed E-state index contributed by atoms with van der Waals surface area (Å²) in [6.07, 6.45) is 0.286. The van der Waals surface area contributed by atoms with E-state index in [1.54, 1.807) is 0 Å². The van der Waals surface area contributed by atoms with E-state index < -0.39 is 0 Å². The lowest BCUT2D eigenvalue weighted by Gasteiger charge is -2.20. The SMILES string of the molecule is CCNC(=NCC(=O)NC(C)(C)C)NCCC(=O)Nc1ccc(Br)cc1.I. The summed E-state index contributed by atoms with van der Waals surface area (Å²) in [5.74, 6) is 0.261. The Morgan fingerprint density at radius 1 is 1.07 bits per heavy atom. The smallest absolute Gasteiger partial charge is 0.242 e. The zero-order valence-corrected chi connectivity index (χ0v) is 20.1. The van der Waals surface area contributed by atoms with Gasteiger partial charge in [-0.05, 0) is 52.0 Å². The highest BCUT2D eigenvalue weighted by Gasteiger charge is 2.13. The predicted octanol–water partition coefficient (Wildman–Crippen LogP) is 2.87. The van der Waals surface area contributed by atoms with Crippen molar-refractivity contribution >= 4 is 63.4 Å². The highest BCUT2D eigenvalue weighted by atomic mass is 127. The normalized spacial score (nSPS) is 11.2. The van der Waals surface area contributed by atoms with Crippen molar-refractivity contribution in [2.75, 3.05) is 25.0 Å². The molecule has 27 heavy (non-hydrogen) atoms. The number of benzene rings is 1. The van der Waals surface area contributed by atoms with E-state index in [1.807, 2.05) is 52.0 Å². The summed E-state index contributed by atoms with van der Waals surface area (Å²) in [5, 5.41) is 11.8. The molecule has 1 aromatic rings. The second-order valence-corrected chi connectivity index (χ2v) is 7.64. The van der Waals surface area contributed by atoms with Gasteiger partial charge in [0.05, 0.1) is 0 Å². The molecule has 152 valence electrons. The van der Waals surface area contributed by atoms with Gasteiger partial charge in [0.2, 0.25) is 11.8 Å². The van der Waals surface area contributed by atoms with E-state index in [2.05, 4.69) is 42.2 Å². The number of aliphatic imine (C=N–C) groups is 1. The number of guanidine groups is 1. The van der Waals surface area contributed by atoms with Crippen molar-refractivity contribution in [1.82, 2.24) is 16.0 Å². The second-order valence-electron chi connectivity index (χ2n) is 6.73. The molecule has 0 saturated heterocycles. The summed E-state index contributed by atoms with van der Waals surface area (Å²) in [7, 11) is 0. The van der Waals surface area contributed by atoms with Crippen molar-refractivity contribution in [2.24, 2.45) is 4.99 Å². The molecule has 4 N–H and O–H groups in total. The van der Waals surface area contributed by atoms with Gasteiger partial charge < -0.3 is 21.3 Å². The number of carbonyl (C=O) groups is 2. The number of anilines is 1. The third kappa shape index (κ3) is 12.6. The number of carbonyl (C=O) groups excluding carboxylic acids is 2. The van der Waals surface area contributed by atoms with Crippen LogP contribution >= 0.6 is 39.9 Å². The minimum atomic E-state index is -0.288. The number of nitrogens with one attached hydrogen (secondary N) is 4. The fourth-order valence-corrected chi connectivity index (χ4v) is 2.27. The first-order chi connectivity index (χ1) is 12.2. The van der Waals surface area contributed by atoms with Gasteiger partial charge >= 0.3 is 0 Å². The van der Waals surface area contributed by atoms with Crippen molar-refractivity contribution in [3.8, 4) is 0 Å². The molecule has 0 aliphatic heterocycles. The highest BCUT2D eigenvalue weighted by Crippen LogP contribution is 2.14. The molecule has 0 heterocycles. The van der Waals surface area contributed by atoms with Gasteiger partial charge in [-0.3, -0.25) is 9.59 Å². The van der Waals surface area contributed by atoms with Crippen LogP contribution in [0.3, 0.4) is 0 Å². The Morgan fingerprint density at radius 2 is 1.70 bits per heavy atom. The molecular weight excluding hydrogens is 525 g/mol. The molecule has 9 heteroatoms. The highest BCUT2D eigenvalue weighted by molar-refractivity contribution is 14.0. The molecule has 0 fully saturated rings. The molecule has 0 radical (unpaired) electrons. The first-order valence-corrected chi connectivity index (χ1v) is 9.37. The van der Waals surface area contributed by atoms with E-state index in [-0.39, 0.29) is 54.3 Å². The van der Waals surface area contributed by atoms with Crippen molar-refractivity contribution in [3.63, 3.8) is 0 Å². The summed E-state index contributed by atoms with van der Waals surface area (Å²) in [6.45, 7) is 8.80. The molecule has 0 aliphatic rings. The third-order valence-corrected chi connectivity index (χ3v) is 3.54. The number of hydrogen-bond acceptors (Lipinski definition) is 3. The van der Waals surface area contributed by atoms with Crippen LogP contribution in [0.2, 0.25) is 0 Å². The standard InChI is InChI=1S/C18H28BrN5O2.HI/c1-5-20-17(22-12-16(26)24-18(2,3)4)21-11-10-15(25)23-14-8-6-13(19)7-9-14;/h6-9H,5,10-12H2,1-4H3,(H,23,25)(H,24,26)(H2,20,21,22);1H. The average Bonchev–Trinajstić information content (AvgIpc) is 2.53. The van der Waals surface area contributed by atoms with Crippen LogP contribution in [0.25, 0.3) is 0 Å². The Morgan fingerprint density at radius 3 is 2.26 bits per heavy atom. The van der Waals surface area contributed by atoms with Gasteiger partial charge in [-0.1, -0.05) is 15.9 Å². The summed E-state index contributed by atoms with van der Waals surface area (Å²) in [4.78, 5) is 28.0. The van der Waals surface area contributed by atoms with Crippen LogP contribution in [0.4, 0.5) is 5.69 Å². The fourth-order valence-electron chi connectivity index (χ4n) is 2.00. The minimum absolute atomic E-state index is 0. The van der Waals surface area contributed by atoms with Crippen molar-refractivity contribution in [1.29, 1.82) is 0 Å². The quantitative estimate of drug-likeness (QED) is 0.237. The molecule has 1 rings (SSSR count). The Balaban J connectivity index is 0.00000676. The molecule has 0 aromatic heterocycles. The van der Waals surface area contributed by atoms with Crippen LogP contribution in [0, 0.1) is 0 Å². The lowest BCUT2D eigenvalue weighted by molar-refractivity contribution is -0.121. The maximum atomic E-state index is 12.0. The molecule has 1 aromatic carbocycles. The summed E-state index contributed by atoms with van der Waals surface area (Å²) in [5.41, 5.74) is 0.460. The molecule has 2 amide bonds. The van der Waals surface area contributed by atoms with Crippen LogP contribution in [0.15, 0.2) is 33.7 Å². The van der Waals surface area contributed by atoms with Crippen LogP contribution in [0.1, 0.15) is 34.1 Å². The largest absolute Gasteiger partial charge is 0.357 e. The van der Waals surface area contributed by atoms with Crippen molar-refractivity contribution in [3.05, 3.63) is 28.7 Å². The van der Waals surface area contributed by atoms with E-state index in [9.17, 15) is 9.59 Å². The summed E-state index contributed by atoms with van der Waals surface area (Å²) < 4.78 is 0.958. The predicted molar refractivity (Wildman–Crippen MR) is 125 cm³/mol. The molecule has 0 unspecified atom stereocenters. The first-order valence-electron chi connectivity index (χ1n) is 8.58. The van der Waals surface area contributed by atoms with Crippen LogP contribution in [-0.2, 0) is 9.59 Å². The van der Waals surface area contributed by atoms with Gasteiger partial charge in [-0.25, -0.2) is 4.99 Å². The maximum Gasteiger partial charge on any atom is 0.242 e. The molecule has 0 spiro atoms. The minimum Gasteiger partial charge on any atom is -0.357 e. The zero-order valence-electron chi connectivity index (χ0n) is 16.2. The van der Waals surface area contributed by atoms with Gasteiger partial charge in [0, 0.05) is 35.2 Å². The van der Waals surface area contributed by atoms with Gasteiger partial charge in [-0.15, -0.1) is 24.0 Å². The van der Waals surface area contributed by atoms with E-state index in [1.165, 1.54) is 0 Å². The lowest BCUT2D eigenvalue weighted by atomic mass is 10.1. The van der Waals surface area contributed by atoms with Crippen molar-refractivity contribution < 1.29 is 9.59 Å². The van der Waals surface area contributed by atoms with Crippen LogP contribution in [0.5, 0.6) is 0 Å². The Hall–Kier alpha value is -1.36. The van der Waals surface area contributed by atoms with E-state index in [0.29, 0.717) is 19.0 Å². The molecule has 0 bridgehead atoms. The zero-order chi connectivity index (χ0) is 19.6. The van der Waals surface area contributed by atoms with Crippen molar-refractivity contribution in [2.45, 2.75) is 39.7 Å². The summed E-state index contributed by atoms with van der Waals surface area (Å²) >= 11 is 3.35. The molecule has 0 atom stereocenters. The number of nitrogens with zero attached hydrogens (tertiary/aromatic N) is 1. The average molecular weight is 554 g/mol. The van der Waals surface area contributed by atoms with Crippen LogP contribution < -0.4 is 21.3 Å². The molecule has 7 nitrogen and oxygen atoms in total. The van der Waals surface area contributed by atoms with Gasteiger partial charge in [-0.2, -0.15) is 0 Å². The van der Waals surface area contributed by atoms with Gasteiger partial charge in [0.15, 0.2) is 5.96 Å². The van der Waals surface area contributed by atoms with Gasteiger partial charge in [0.25, 0.3) is 0 Å². The molecule has 0 saturated carbocycles. The first kappa shape index (κ1) is 25.6. The summed E-state index contributed by atoms with van der Waals surface area (Å²) in [6, 6.07) is 7.39. The monoisotopic (exact) mass is 553 g/mol. The molecular formula is C18H29BrIN5O2. The third-order valence-electron chi connectivity index (χ3n) is 3.01. The van der Waals surface area contributed by atoms with Gasteiger partial charge in [0.1, 0.15) is 6.54 Å². The number of rotatable bonds is 7. The fraction of sp³-hybridized carbons (Fsp3) is 0.500. The Kier molecular flexibility index (Phi) is 12.3. The Labute approximate surface area is 186 Å². The van der Waals surface area contributed by atoms with E-state index in [4.69, 9.17) is 0 Å². The van der Waals surface area contributed by atoms with Crippen LogP contribution in [-0.4, -0.2) is 42.9 Å². The van der Waals surface area contributed by atoms with E-state index in [0.717, 1.165) is 10.2 Å². The van der Waals surface area contributed by atoms with E-state index >= 15 is 0 Å². The Bertz CT molecular complexity index is 630. The number of hydrogen-bond donors (Lipinski definition) is 4. The number of amides is 2. The lowest BCUT2D eigenvalue weighted by Crippen LogP contribution is -2.43. The number of halogens is 2.